The number of aliphatic hydroxyl groups excluding tert-OH is 1. The summed E-state index contributed by atoms with van der Waals surface area (Å²) in [5, 5.41) is 8.91. The number of hydrogen-bond acceptors (Lipinski definition) is 3. The minimum absolute atomic E-state index is 0.134. The number of rotatable bonds is 2. The Bertz CT molecular complexity index is 304. The zero-order valence-electron chi connectivity index (χ0n) is 8.13. The van der Waals surface area contributed by atoms with Crippen molar-refractivity contribution < 1.29 is 14.3 Å². The monoisotopic (exact) mass is 182 g/mol. The molecule has 0 aliphatic rings. The van der Waals surface area contributed by atoms with Gasteiger partial charge in [-0.25, -0.2) is 0 Å². The smallest absolute Gasteiger partial charge is 0.185 e. The highest BCUT2D eigenvalue weighted by Gasteiger charge is 2.20. The van der Waals surface area contributed by atoms with Gasteiger partial charge in [0, 0.05) is 11.0 Å². The maximum absolute atomic E-state index is 10.5. The van der Waals surface area contributed by atoms with Crippen molar-refractivity contribution in [3.63, 3.8) is 0 Å². The van der Waals surface area contributed by atoms with Crippen LogP contribution in [0.3, 0.4) is 0 Å². The van der Waals surface area contributed by atoms with Crippen molar-refractivity contribution in [2.45, 2.75) is 32.8 Å². The molecule has 72 valence electrons. The van der Waals surface area contributed by atoms with E-state index in [0.717, 1.165) is 5.76 Å². The van der Waals surface area contributed by atoms with Crippen LogP contribution >= 0.6 is 0 Å². The van der Waals surface area contributed by atoms with Gasteiger partial charge in [0.1, 0.15) is 5.76 Å². The third kappa shape index (κ3) is 1.98. The van der Waals surface area contributed by atoms with Gasteiger partial charge in [0.05, 0.1) is 6.61 Å². The molecule has 0 aliphatic carbocycles. The van der Waals surface area contributed by atoms with Crippen molar-refractivity contribution >= 4 is 6.29 Å². The van der Waals surface area contributed by atoms with Gasteiger partial charge >= 0.3 is 0 Å². The summed E-state index contributed by atoms with van der Waals surface area (Å²) in [6.07, 6.45) is 0.626. The average Bonchev–Trinajstić information content (AvgIpc) is 2.45. The van der Waals surface area contributed by atoms with Crippen LogP contribution in [0.2, 0.25) is 0 Å². The van der Waals surface area contributed by atoms with Crippen LogP contribution in [-0.4, -0.2) is 11.4 Å². The van der Waals surface area contributed by atoms with E-state index < -0.39 is 0 Å². The van der Waals surface area contributed by atoms with Crippen molar-refractivity contribution in [1.29, 1.82) is 0 Å². The number of aliphatic hydroxyl groups is 1. The molecule has 13 heavy (non-hydrogen) atoms. The molecule has 0 unspecified atom stereocenters. The van der Waals surface area contributed by atoms with Gasteiger partial charge in [-0.05, 0) is 6.07 Å². The van der Waals surface area contributed by atoms with E-state index in [1.807, 2.05) is 20.8 Å². The summed E-state index contributed by atoms with van der Waals surface area (Å²) in [5.74, 6) is 0.950. The minimum Gasteiger partial charge on any atom is -0.457 e. The Kier molecular flexibility index (Phi) is 2.57. The fourth-order valence-electron chi connectivity index (χ4n) is 1.04. The highest BCUT2D eigenvalue weighted by Crippen LogP contribution is 2.26. The molecule has 0 amide bonds. The van der Waals surface area contributed by atoms with Crippen LogP contribution in [0.4, 0.5) is 0 Å². The van der Waals surface area contributed by atoms with Crippen LogP contribution in [-0.2, 0) is 12.0 Å². The van der Waals surface area contributed by atoms with E-state index in [1.54, 1.807) is 6.07 Å². The molecule has 0 fully saturated rings. The Morgan fingerprint density at radius 2 is 2.15 bits per heavy atom. The van der Waals surface area contributed by atoms with Crippen molar-refractivity contribution in [1.82, 2.24) is 0 Å². The topological polar surface area (TPSA) is 50.4 Å². The molecular weight excluding hydrogens is 168 g/mol. The lowest BCUT2D eigenvalue weighted by atomic mass is 9.93. The van der Waals surface area contributed by atoms with E-state index in [1.165, 1.54) is 0 Å². The van der Waals surface area contributed by atoms with E-state index in [4.69, 9.17) is 9.52 Å². The average molecular weight is 182 g/mol. The molecular formula is C10H14O3. The van der Waals surface area contributed by atoms with E-state index >= 15 is 0 Å². The van der Waals surface area contributed by atoms with Crippen LogP contribution in [0.5, 0.6) is 0 Å². The molecule has 1 aromatic rings. The molecule has 3 nitrogen and oxygen atoms in total. The lowest BCUT2D eigenvalue weighted by molar-refractivity contribution is 0.109. The van der Waals surface area contributed by atoms with Crippen molar-refractivity contribution in [2.24, 2.45) is 0 Å². The number of aldehydes is 1. The lowest BCUT2D eigenvalue weighted by Gasteiger charge is -2.13. The summed E-state index contributed by atoms with van der Waals surface area (Å²) in [4.78, 5) is 10.5. The summed E-state index contributed by atoms with van der Waals surface area (Å²) in [6, 6.07) is 1.73. The van der Waals surface area contributed by atoms with Crippen LogP contribution in [0.1, 0.15) is 42.6 Å². The van der Waals surface area contributed by atoms with E-state index in [-0.39, 0.29) is 17.8 Å². The number of carbonyl (C=O) groups excluding carboxylic acids is 1. The van der Waals surface area contributed by atoms with Gasteiger partial charge in [-0.15, -0.1) is 0 Å². The standard InChI is InChI=1S/C10H14O3/c1-10(2,3)9-4-7(5-11)8(6-12)13-9/h4,6,11H,5H2,1-3H3. The predicted octanol–water partition coefficient (Wildman–Crippen LogP) is 1.88. The maximum Gasteiger partial charge on any atom is 0.185 e. The Hall–Kier alpha value is -1.09. The summed E-state index contributed by atoms with van der Waals surface area (Å²) in [6.45, 7) is 5.80. The van der Waals surface area contributed by atoms with E-state index in [0.29, 0.717) is 11.8 Å². The van der Waals surface area contributed by atoms with Gasteiger partial charge in [0.15, 0.2) is 12.0 Å². The quantitative estimate of drug-likeness (QED) is 0.710. The summed E-state index contributed by atoms with van der Waals surface area (Å²) < 4.78 is 5.29. The first-order valence-corrected chi connectivity index (χ1v) is 4.18. The molecule has 0 spiro atoms. The molecule has 0 atom stereocenters. The first kappa shape index (κ1) is 9.99. The van der Waals surface area contributed by atoms with Crippen LogP contribution < -0.4 is 0 Å². The van der Waals surface area contributed by atoms with Gasteiger partial charge in [0.25, 0.3) is 0 Å². The molecule has 0 saturated carbocycles. The fraction of sp³-hybridized carbons (Fsp3) is 0.500. The number of carbonyl (C=O) groups is 1. The zero-order valence-corrected chi connectivity index (χ0v) is 8.13. The van der Waals surface area contributed by atoms with E-state index in [2.05, 4.69) is 0 Å². The summed E-state index contributed by atoms with van der Waals surface area (Å²) in [5.41, 5.74) is 0.422. The lowest BCUT2D eigenvalue weighted by Crippen LogP contribution is -2.09. The van der Waals surface area contributed by atoms with Gasteiger partial charge in [-0.1, -0.05) is 20.8 Å². The second-order valence-corrected chi connectivity index (χ2v) is 4.03. The van der Waals surface area contributed by atoms with Crippen LogP contribution in [0.25, 0.3) is 0 Å². The third-order valence-corrected chi connectivity index (χ3v) is 1.86. The van der Waals surface area contributed by atoms with Gasteiger partial charge < -0.3 is 9.52 Å². The molecule has 3 heteroatoms. The zero-order chi connectivity index (χ0) is 10.1. The van der Waals surface area contributed by atoms with Crippen molar-refractivity contribution in [3.8, 4) is 0 Å². The highest BCUT2D eigenvalue weighted by molar-refractivity contribution is 5.73. The molecule has 0 bridgehead atoms. The normalized spacial score (nSPS) is 11.7. The predicted molar refractivity (Wildman–Crippen MR) is 48.7 cm³/mol. The van der Waals surface area contributed by atoms with Gasteiger partial charge in [0.2, 0.25) is 0 Å². The summed E-state index contributed by atoms with van der Waals surface area (Å²) in [7, 11) is 0. The first-order chi connectivity index (χ1) is 5.99. The SMILES string of the molecule is CC(C)(C)c1cc(CO)c(C=O)o1. The molecule has 0 radical (unpaired) electrons. The molecule has 0 saturated heterocycles. The Morgan fingerprint density at radius 1 is 1.54 bits per heavy atom. The third-order valence-electron chi connectivity index (χ3n) is 1.86. The number of furan rings is 1. The minimum atomic E-state index is -0.159. The second kappa shape index (κ2) is 3.34. The second-order valence-electron chi connectivity index (χ2n) is 4.03. The first-order valence-electron chi connectivity index (χ1n) is 4.18. The van der Waals surface area contributed by atoms with Crippen LogP contribution in [0.15, 0.2) is 10.5 Å². The Balaban J connectivity index is 3.14. The highest BCUT2D eigenvalue weighted by atomic mass is 16.4. The van der Waals surface area contributed by atoms with E-state index in [9.17, 15) is 4.79 Å². The molecule has 1 N–H and O–H groups in total. The number of hydrogen-bond donors (Lipinski definition) is 1. The van der Waals surface area contributed by atoms with Crippen molar-refractivity contribution in [3.05, 3.63) is 23.2 Å². The van der Waals surface area contributed by atoms with Gasteiger partial charge in [-0.3, -0.25) is 4.79 Å². The molecule has 1 heterocycles. The Morgan fingerprint density at radius 3 is 2.46 bits per heavy atom. The molecule has 0 aliphatic heterocycles. The van der Waals surface area contributed by atoms with Crippen molar-refractivity contribution in [2.75, 3.05) is 0 Å². The molecule has 1 rings (SSSR count). The fourth-order valence-corrected chi connectivity index (χ4v) is 1.04. The molecule has 1 aromatic heterocycles. The summed E-state index contributed by atoms with van der Waals surface area (Å²) >= 11 is 0. The largest absolute Gasteiger partial charge is 0.457 e. The van der Waals surface area contributed by atoms with Crippen LogP contribution in [0, 0.1) is 0 Å². The molecule has 0 aromatic carbocycles. The van der Waals surface area contributed by atoms with Gasteiger partial charge in [-0.2, -0.15) is 0 Å². The Labute approximate surface area is 77.4 Å². The maximum atomic E-state index is 10.5.